The van der Waals surface area contributed by atoms with Crippen LogP contribution in [0.4, 0.5) is 10.6 Å². The second-order valence-corrected chi connectivity index (χ2v) is 4.60. The zero-order valence-electron chi connectivity index (χ0n) is 12.2. The number of urea groups is 1. The highest BCUT2D eigenvalue weighted by molar-refractivity contribution is 5.88. The van der Waals surface area contributed by atoms with Gasteiger partial charge in [0, 0.05) is 6.20 Å². The third kappa shape index (κ3) is 4.49. The predicted octanol–water partition coefficient (Wildman–Crippen LogP) is 3.11. The first kappa shape index (κ1) is 14.8. The summed E-state index contributed by atoms with van der Waals surface area (Å²) in [7, 11) is 0. The van der Waals surface area contributed by atoms with Crippen molar-refractivity contribution in [2.45, 2.75) is 20.3 Å². The quantitative estimate of drug-likeness (QED) is 0.830. The summed E-state index contributed by atoms with van der Waals surface area (Å²) in [5.41, 5.74) is 2.15. The lowest BCUT2D eigenvalue weighted by atomic mass is 10.1. The van der Waals surface area contributed by atoms with E-state index in [2.05, 4.69) is 22.5 Å². The van der Waals surface area contributed by atoms with Gasteiger partial charge in [-0.15, -0.1) is 0 Å². The zero-order valence-corrected chi connectivity index (χ0v) is 12.2. The molecule has 110 valence electrons. The van der Waals surface area contributed by atoms with Gasteiger partial charge in [-0.3, -0.25) is 5.32 Å². The van der Waals surface area contributed by atoms with Crippen LogP contribution in [0.2, 0.25) is 0 Å². The van der Waals surface area contributed by atoms with Crippen molar-refractivity contribution in [1.29, 1.82) is 0 Å². The molecule has 0 fully saturated rings. The van der Waals surface area contributed by atoms with Crippen molar-refractivity contribution in [3.63, 3.8) is 0 Å². The number of rotatable bonds is 5. The van der Waals surface area contributed by atoms with Gasteiger partial charge in [-0.2, -0.15) is 0 Å². The number of benzene rings is 1. The molecule has 0 spiro atoms. The molecule has 0 atom stereocenters. The van der Waals surface area contributed by atoms with Gasteiger partial charge >= 0.3 is 6.03 Å². The van der Waals surface area contributed by atoms with Crippen LogP contribution in [0.3, 0.4) is 0 Å². The Labute approximate surface area is 124 Å². The molecule has 5 nitrogen and oxygen atoms in total. The number of aromatic nitrogens is 1. The minimum Gasteiger partial charge on any atom is -0.473 e. The topological polar surface area (TPSA) is 63.2 Å². The van der Waals surface area contributed by atoms with E-state index in [9.17, 15) is 4.79 Å². The fourth-order valence-corrected chi connectivity index (χ4v) is 1.82. The first-order valence-corrected chi connectivity index (χ1v) is 6.87. The van der Waals surface area contributed by atoms with E-state index in [1.54, 1.807) is 12.3 Å². The largest absolute Gasteiger partial charge is 0.473 e. The van der Waals surface area contributed by atoms with Crippen LogP contribution in [-0.2, 0) is 6.42 Å². The van der Waals surface area contributed by atoms with Crippen LogP contribution in [0.15, 0.2) is 42.6 Å². The number of aryl methyl sites for hydroxylation is 2. The molecule has 1 aromatic heterocycles. The van der Waals surface area contributed by atoms with Crippen LogP contribution >= 0.6 is 0 Å². The SMILES string of the molecule is CCc1ccccc1OCNC(=O)Nc1ccc(C)cn1. The van der Waals surface area contributed by atoms with Crippen molar-refractivity contribution in [1.82, 2.24) is 10.3 Å². The third-order valence-electron chi connectivity index (χ3n) is 2.97. The molecule has 0 aliphatic rings. The predicted molar refractivity (Wildman–Crippen MR) is 82.4 cm³/mol. The number of hydrogen-bond acceptors (Lipinski definition) is 3. The number of ether oxygens (including phenoxy) is 1. The summed E-state index contributed by atoms with van der Waals surface area (Å²) in [5, 5.41) is 5.28. The molecule has 0 radical (unpaired) electrons. The highest BCUT2D eigenvalue weighted by Crippen LogP contribution is 2.17. The fourth-order valence-electron chi connectivity index (χ4n) is 1.82. The van der Waals surface area contributed by atoms with E-state index < -0.39 is 0 Å². The molecular weight excluding hydrogens is 266 g/mol. The van der Waals surface area contributed by atoms with E-state index in [0.717, 1.165) is 23.3 Å². The van der Waals surface area contributed by atoms with E-state index >= 15 is 0 Å². The summed E-state index contributed by atoms with van der Waals surface area (Å²) in [4.78, 5) is 15.8. The molecule has 2 N–H and O–H groups in total. The molecule has 2 rings (SSSR count). The van der Waals surface area contributed by atoms with Crippen molar-refractivity contribution in [2.75, 3.05) is 12.0 Å². The van der Waals surface area contributed by atoms with Crippen LogP contribution in [0.25, 0.3) is 0 Å². The van der Waals surface area contributed by atoms with Crippen LogP contribution in [0.1, 0.15) is 18.1 Å². The van der Waals surface area contributed by atoms with Gasteiger partial charge in [-0.05, 0) is 36.6 Å². The molecule has 1 heterocycles. The lowest BCUT2D eigenvalue weighted by molar-refractivity contribution is 0.234. The number of amides is 2. The molecule has 0 saturated carbocycles. The number of hydrogen-bond donors (Lipinski definition) is 2. The van der Waals surface area contributed by atoms with E-state index in [-0.39, 0.29) is 12.8 Å². The Balaban J connectivity index is 1.80. The average molecular weight is 285 g/mol. The van der Waals surface area contributed by atoms with Crippen molar-refractivity contribution < 1.29 is 9.53 Å². The molecule has 0 unspecified atom stereocenters. The first-order chi connectivity index (χ1) is 10.2. The van der Waals surface area contributed by atoms with Gasteiger partial charge in [-0.25, -0.2) is 9.78 Å². The molecule has 21 heavy (non-hydrogen) atoms. The summed E-state index contributed by atoms with van der Waals surface area (Å²) in [6, 6.07) is 11.1. The lowest BCUT2D eigenvalue weighted by Gasteiger charge is -2.11. The minimum atomic E-state index is -0.347. The average Bonchev–Trinajstić information content (AvgIpc) is 2.50. The highest BCUT2D eigenvalue weighted by atomic mass is 16.5. The summed E-state index contributed by atoms with van der Waals surface area (Å²) in [6.45, 7) is 4.11. The molecule has 2 aromatic rings. The van der Waals surface area contributed by atoms with E-state index in [1.165, 1.54) is 0 Å². The Hall–Kier alpha value is -2.56. The summed E-state index contributed by atoms with van der Waals surface area (Å²) >= 11 is 0. The number of carbonyl (C=O) groups excluding carboxylic acids is 1. The Morgan fingerprint density at radius 2 is 2.05 bits per heavy atom. The second kappa shape index (κ2) is 7.28. The summed E-state index contributed by atoms with van der Waals surface area (Å²) in [5.74, 6) is 1.29. The van der Waals surface area contributed by atoms with Gasteiger partial charge in [0.15, 0.2) is 6.73 Å². The normalized spacial score (nSPS) is 10.0. The standard InChI is InChI=1S/C16H19N3O2/c1-3-13-6-4-5-7-14(13)21-11-18-16(20)19-15-9-8-12(2)10-17-15/h4-10H,3,11H2,1-2H3,(H2,17,18,19,20). The zero-order chi connectivity index (χ0) is 15.1. The number of nitrogens with zero attached hydrogens (tertiary/aromatic N) is 1. The molecule has 0 aliphatic heterocycles. The molecule has 2 amide bonds. The number of anilines is 1. The number of pyridine rings is 1. The van der Waals surface area contributed by atoms with Gasteiger partial charge in [0.2, 0.25) is 0 Å². The lowest BCUT2D eigenvalue weighted by Crippen LogP contribution is -2.32. The maximum atomic E-state index is 11.7. The Morgan fingerprint density at radius 3 is 2.76 bits per heavy atom. The highest BCUT2D eigenvalue weighted by Gasteiger charge is 2.04. The molecule has 0 aliphatic carbocycles. The van der Waals surface area contributed by atoms with Crippen LogP contribution in [-0.4, -0.2) is 17.7 Å². The molecule has 5 heteroatoms. The third-order valence-corrected chi connectivity index (χ3v) is 2.97. The maximum absolute atomic E-state index is 11.7. The summed E-state index contributed by atoms with van der Waals surface area (Å²) < 4.78 is 5.56. The van der Waals surface area contributed by atoms with E-state index in [0.29, 0.717) is 5.82 Å². The Bertz CT molecular complexity index is 597. The molecule has 0 bridgehead atoms. The van der Waals surface area contributed by atoms with Gasteiger partial charge in [-0.1, -0.05) is 31.2 Å². The number of nitrogens with one attached hydrogen (secondary N) is 2. The van der Waals surface area contributed by atoms with E-state index in [1.807, 2.05) is 37.3 Å². The van der Waals surface area contributed by atoms with Gasteiger partial charge < -0.3 is 10.1 Å². The van der Waals surface area contributed by atoms with Crippen molar-refractivity contribution >= 4 is 11.8 Å². The fraction of sp³-hybridized carbons (Fsp3) is 0.250. The van der Waals surface area contributed by atoms with Gasteiger partial charge in [0.1, 0.15) is 11.6 Å². The van der Waals surface area contributed by atoms with Crippen LogP contribution in [0.5, 0.6) is 5.75 Å². The molecule has 1 aromatic carbocycles. The van der Waals surface area contributed by atoms with Crippen LogP contribution < -0.4 is 15.4 Å². The smallest absolute Gasteiger partial charge is 0.323 e. The van der Waals surface area contributed by atoms with Gasteiger partial charge in [0.05, 0.1) is 0 Å². The molecule has 0 saturated heterocycles. The number of carbonyl (C=O) groups is 1. The monoisotopic (exact) mass is 285 g/mol. The van der Waals surface area contributed by atoms with Crippen molar-refractivity contribution in [2.24, 2.45) is 0 Å². The minimum absolute atomic E-state index is 0.106. The molecular formula is C16H19N3O2. The Kier molecular flexibility index (Phi) is 5.15. The van der Waals surface area contributed by atoms with Crippen molar-refractivity contribution in [3.05, 3.63) is 53.7 Å². The first-order valence-electron chi connectivity index (χ1n) is 6.87. The number of para-hydroxylation sites is 1. The van der Waals surface area contributed by atoms with Gasteiger partial charge in [0.25, 0.3) is 0 Å². The Morgan fingerprint density at radius 1 is 1.24 bits per heavy atom. The summed E-state index contributed by atoms with van der Waals surface area (Å²) in [6.07, 6.45) is 2.58. The maximum Gasteiger partial charge on any atom is 0.323 e. The van der Waals surface area contributed by atoms with Crippen LogP contribution in [0, 0.1) is 6.92 Å². The second-order valence-electron chi connectivity index (χ2n) is 4.60. The van der Waals surface area contributed by atoms with Crippen molar-refractivity contribution in [3.8, 4) is 5.75 Å². The van der Waals surface area contributed by atoms with E-state index in [4.69, 9.17) is 4.74 Å².